The van der Waals surface area contributed by atoms with E-state index in [0.717, 1.165) is 12.2 Å². The van der Waals surface area contributed by atoms with E-state index in [9.17, 15) is 49.8 Å². The number of fused-ring (bicyclic) bond motifs is 15. The summed E-state index contributed by atoms with van der Waals surface area (Å²) >= 11 is 0. The summed E-state index contributed by atoms with van der Waals surface area (Å²) in [6.07, 6.45) is 1.08. The second kappa shape index (κ2) is 14.3. The van der Waals surface area contributed by atoms with Gasteiger partial charge in [-0.1, -0.05) is 45.9 Å². The summed E-state index contributed by atoms with van der Waals surface area (Å²) in [6, 6.07) is -0.280. The monoisotopic (exact) mass is 653 g/mol. The third-order valence-corrected chi connectivity index (χ3v) is 9.84. The highest BCUT2D eigenvalue weighted by molar-refractivity contribution is 6.32. The van der Waals surface area contributed by atoms with Crippen molar-refractivity contribution in [1.29, 1.82) is 0 Å². The Morgan fingerprint density at radius 3 is 1.96 bits per heavy atom. The first kappa shape index (κ1) is 37.9. The number of Topliss-reactive ketones (excluding diaryl/α,β-unsaturated/α-hetero) is 3. The second-order valence-corrected chi connectivity index (χ2v) is 13.4. The summed E-state index contributed by atoms with van der Waals surface area (Å²) in [6.45, 7) is 11.7. The van der Waals surface area contributed by atoms with Crippen molar-refractivity contribution >= 4 is 23.1 Å². The highest BCUT2D eigenvalue weighted by atomic mass is 16.3. The molecule has 0 unspecified atom stereocenters. The van der Waals surface area contributed by atoms with Crippen molar-refractivity contribution in [1.82, 2.24) is 0 Å². The van der Waals surface area contributed by atoms with E-state index in [1.807, 2.05) is 0 Å². The molecule has 0 saturated heterocycles. The number of allylic oxidation sites excluding steroid dienone is 4. The van der Waals surface area contributed by atoms with Crippen LogP contribution in [0.5, 0.6) is 5.75 Å². The number of phenols is 1. The molecule has 0 amide bonds. The summed E-state index contributed by atoms with van der Waals surface area (Å²) in [5.74, 6) is -6.89. The predicted molar refractivity (Wildman–Crippen MR) is 175 cm³/mol. The molecule has 0 spiro atoms. The Balaban J connectivity index is 2.24. The molecule has 11 heteroatoms. The molecular formula is C36H47NO10. The van der Waals surface area contributed by atoms with Gasteiger partial charge in [0.2, 0.25) is 0 Å². The van der Waals surface area contributed by atoms with Crippen molar-refractivity contribution in [2.75, 3.05) is 0 Å². The molecule has 4 bridgehead atoms. The quantitative estimate of drug-likeness (QED) is 0.216. The molecule has 0 aliphatic heterocycles. The van der Waals surface area contributed by atoms with E-state index in [0.29, 0.717) is 0 Å². The summed E-state index contributed by atoms with van der Waals surface area (Å²) in [4.78, 5) is 54.4. The minimum absolute atomic E-state index is 0.0915. The van der Waals surface area contributed by atoms with Gasteiger partial charge < -0.3 is 36.4 Å². The lowest BCUT2D eigenvalue weighted by molar-refractivity contribution is -0.116. The van der Waals surface area contributed by atoms with E-state index in [1.165, 1.54) is 52.8 Å². The molecule has 8 N–H and O–H groups in total. The van der Waals surface area contributed by atoms with Gasteiger partial charge in [-0.3, -0.25) is 19.2 Å². The highest BCUT2D eigenvalue weighted by Crippen LogP contribution is 2.37. The third kappa shape index (κ3) is 7.15. The number of benzene rings is 1. The zero-order valence-corrected chi connectivity index (χ0v) is 28.1. The first-order valence-corrected chi connectivity index (χ1v) is 15.7. The average Bonchev–Trinajstić information content (AvgIpc) is 3.03. The number of aliphatic hydroxyl groups is 5. The second-order valence-electron chi connectivity index (χ2n) is 13.4. The van der Waals surface area contributed by atoms with Crippen molar-refractivity contribution in [3.63, 3.8) is 0 Å². The smallest absolute Gasteiger partial charge is 0.192 e. The first-order chi connectivity index (χ1) is 21.7. The molecule has 0 aromatic heterocycles. The number of aliphatic hydroxyl groups excluding tert-OH is 4. The molecule has 0 radical (unpaired) electrons. The van der Waals surface area contributed by atoms with Crippen molar-refractivity contribution in [2.24, 2.45) is 29.4 Å². The molecule has 4 rings (SSSR count). The normalized spacial score (nSPS) is 35.0. The SMILES string of the molecule is CC1=CC=C[C@H](C)[C@@H](O)[C@H](C)[C@@H](O)[C@H](C)[C@H](O)[C@@H](C)[C@@H](O)[C@](C)(O)C=CC(=O)c2c(O)c(C)cc3c2C(=O)C(C)=C(C3=O)[C@H](N)C1=O. The Morgan fingerprint density at radius 2 is 1.36 bits per heavy atom. The maximum Gasteiger partial charge on any atom is 0.192 e. The van der Waals surface area contributed by atoms with Crippen LogP contribution in [0.4, 0.5) is 0 Å². The van der Waals surface area contributed by atoms with Crippen LogP contribution in [-0.2, 0) is 4.79 Å². The summed E-state index contributed by atoms with van der Waals surface area (Å²) in [5, 5.41) is 66.3. The van der Waals surface area contributed by atoms with Crippen LogP contribution < -0.4 is 5.73 Å². The number of carbonyl (C=O) groups excluding carboxylic acids is 4. The van der Waals surface area contributed by atoms with Gasteiger partial charge in [0.15, 0.2) is 23.1 Å². The van der Waals surface area contributed by atoms with E-state index in [4.69, 9.17) is 5.73 Å². The number of rotatable bonds is 0. The van der Waals surface area contributed by atoms with Gasteiger partial charge in [-0.2, -0.15) is 0 Å². The molecule has 0 heterocycles. The molecule has 47 heavy (non-hydrogen) atoms. The molecule has 256 valence electrons. The lowest BCUT2D eigenvalue weighted by Gasteiger charge is -2.38. The molecule has 0 fully saturated rings. The lowest BCUT2D eigenvalue weighted by Crippen LogP contribution is -2.50. The molecule has 3 aliphatic carbocycles. The van der Waals surface area contributed by atoms with Gasteiger partial charge in [0.05, 0.1) is 36.0 Å². The van der Waals surface area contributed by atoms with Gasteiger partial charge in [-0.05, 0) is 57.0 Å². The van der Waals surface area contributed by atoms with Crippen LogP contribution in [0.3, 0.4) is 0 Å². The number of hydrogen-bond acceptors (Lipinski definition) is 11. The number of nitrogens with two attached hydrogens (primary N) is 1. The Labute approximate surface area is 274 Å². The van der Waals surface area contributed by atoms with Crippen molar-refractivity contribution in [3.8, 4) is 5.75 Å². The topological polar surface area (TPSA) is 216 Å². The van der Waals surface area contributed by atoms with Gasteiger partial charge >= 0.3 is 0 Å². The Kier molecular flexibility index (Phi) is 11.5. The van der Waals surface area contributed by atoms with E-state index >= 15 is 0 Å². The van der Waals surface area contributed by atoms with Crippen LogP contribution in [0.1, 0.15) is 85.1 Å². The van der Waals surface area contributed by atoms with Crippen molar-refractivity contribution in [2.45, 2.75) is 91.4 Å². The molecule has 0 saturated carbocycles. The fourth-order valence-electron chi connectivity index (χ4n) is 6.40. The third-order valence-electron chi connectivity index (χ3n) is 9.84. The maximum absolute atomic E-state index is 13.8. The van der Waals surface area contributed by atoms with Crippen LogP contribution in [-0.4, -0.2) is 89.8 Å². The number of carbonyl (C=O) groups is 4. The molecule has 1 aromatic carbocycles. The Bertz CT molecular complexity index is 1580. The number of phenolic OH excluding ortho intramolecular Hbond substituents is 1. The largest absolute Gasteiger partial charge is 0.507 e. The maximum atomic E-state index is 13.8. The first-order valence-electron chi connectivity index (χ1n) is 15.7. The van der Waals surface area contributed by atoms with Gasteiger partial charge in [0, 0.05) is 45.9 Å². The van der Waals surface area contributed by atoms with Crippen LogP contribution >= 0.6 is 0 Å². The van der Waals surface area contributed by atoms with Crippen molar-refractivity contribution < 1.29 is 49.8 Å². The Morgan fingerprint density at radius 1 is 0.809 bits per heavy atom. The van der Waals surface area contributed by atoms with E-state index in [1.54, 1.807) is 26.8 Å². The minimum atomic E-state index is -2.12. The van der Waals surface area contributed by atoms with Gasteiger partial charge in [-0.15, -0.1) is 0 Å². The Hall–Kier alpha value is -3.58. The number of hydrogen-bond donors (Lipinski definition) is 7. The van der Waals surface area contributed by atoms with Crippen LogP contribution in [0, 0.1) is 30.6 Å². The molecule has 10 atom stereocenters. The van der Waals surface area contributed by atoms with Crippen LogP contribution in [0.2, 0.25) is 0 Å². The van der Waals surface area contributed by atoms with Crippen LogP contribution in [0.25, 0.3) is 0 Å². The van der Waals surface area contributed by atoms with Gasteiger partial charge in [0.1, 0.15) is 11.4 Å². The summed E-state index contributed by atoms with van der Waals surface area (Å²) in [5.41, 5.74) is 2.89. The molecule has 3 aliphatic rings. The number of aryl methyl sites for hydroxylation is 1. The molecule has 1 aromatic rings. The fourth-order valence-corrected chi connectivity index (χ4v) is 6.40. The van der Waals surface area contributed by atoms with Gasteiger partial charge in [-0.25, -0.2) is 0 Å². The lowest BCUT2D eigenvalue weighted by atomic mass is 9.76. The zero-order chi connectivity index (χ0) is 35.9. The average molecular weight is 654 g/mol. The summed E-state index contributed by atoms with van der Waals surface area (Å²) < 4.78 is 0. The van der Waals surface area contributed by atoms with Crippen LogP contribution in [0.15, 0.2) is 53.2 Å². The predicted octanol–water partition coefficient (Wildman–Crippen LogP) is 2.29. The highest BCUT2D eigenvalue weighted by Gasteiger charge is 2.42. The number of ketones is 4. The molecule has 11 nitrogen and oxygen atoms in total. The van der Waals surface area contributed by atoms with E-state index < -0.39 is 94.2 Å². The number of aromatic hydroxyl groups is 1. The zero-order valence-electron chi connectivity index (χ0n) is 28.1. The van der Waals surface area contributed by atoms with Crippen molar-refractivity contribution in [3.05, 3.63) is 75.4 Å². The standard InChI is InChI=1S/C36H47NO10/c1-15-10-9-11-16(2)30(41)27(37)24-18(4)33(44)25-22(34(24)45)14-17(3)29(40)26(25)23(38)12-13-36(8,47)35(46)21(7)32(43)20(6)31(42)19(5)28(15)39/h9-15,19-21,27-28,31-32,35,39-40,42-43,46-47H,37H2,1-8H3/t15-,19-,20-,21+,27-,28+,31+,32-,35+,36+/m0/s1. The van der Waals surface area contributed by atoms with E-state index in [-0.39, 0.29) is 33.4 Å². The van der Waals surface area contributed by atoms with Gasteiger partial charge in [0.25, 0.3) is 0 Å². The molecular weight excluding hydrogens is 606 g/mol. The van der Waals surface area contributed by atoms with E-state index in [2.05, 4.69) is 0 Å². The fraction of sp³-hybridized carbons (Fsp3) is 0.500. The summed E-state index contributed by atoms with van der Waals surface area (Å²) in [7, 11) is 0. The minimum Gasteiger partial charge on any atom is -0.507 e.